The maximum Gasteiger partial charge on any atom is 0.123 e. The number of quaternary nitrogens is 1. The van der Waals surface area contributed by atoms with E-state index in [2.05, 4.69) is 36.4 Å². The Labute approximate surface area is 161 Å². The molecule has 2 nitrogen and oxygen atoms in total. The lowest BCUT2D eigenvalue weighted by molar-refractivity contribution is -0.939. The number of hydrogen-bond donors (Lipinski definition) is 2. The monoisotopic (exact) mass is 366 g/mol. The highest BCUT2D eigenvalue weighted by Gasteiger charge is 2.51. The Morgan fingerprint density at radius 3 is 2.59 bits per heavy atom. The molecular weight excluding hydrogens is 337 g/mol. The summed E-state index contributed by atoms with van der Waals surface area (Å²) in [6.45, 7) is 1.87. The predicted molar refractivity (Wildman–Crippen MR) is 107 cm³/mol. The van der Waals surface area contributed by atoms with Gasteiger partial charge >= 0.3 is 0 Å². The molecule has 2 aliphatic rings. The van der Waals surface area contributed by atoms with Crippen LogP contribution in [-0.2, 0) is 0 Å². The van der Waals surface area contributed by atoms with Crippen LogP contribution in [0.1, 0.15) is 49.3 Å². The Kier molecular flexibility index (Phi) is 5.42. The Bertz CT molecular complexity index is 773. The van der Waals surface area contributed by atoms with E-state index in [1.165, 1.54) is 16.9 Å². The third-order valence-corrected chi connectivity index (χ3v) is 6.51. The highest BCUT2D eigenvalue weighted by Crippen LogP contribution is 2.43. The van der Waals surface area contributed by atoms with Crippen molar-refractivity contribution in [3.63, 3.8) is 0 Å². The molecule has 1 heterocycles. The van der Waals surface area contributed by atoms with Crippen LogP contribution in [0.2, 0.25) is 0 Å². The molecule has 0 amide bonds. The van der Waals surface area contributed by atoms with Gasteiger partial charge in [-0.1, -0.05) is 61.4 Å². The summed E-state index contributed by atoms with van der Waals surface area (Å²) in [5, 5.41) is 11.3. The molecule has 2 N–H and O–H groups in total. The van der Waals surface area contributed by atoms with Gasteiger partial charge in [0.1, 0.15) is 11.9 Å². The van der Waals surface area contributed by atoms with Crippen LogP contribution in [0, 0.1) is 11.7 Å². The highest BCUT2D eigenvalue weighted by molar-refractivity contribution is 5.48. The fourth-order valence-corrected chi connectivity index (χ4v) is 5.13. The molecule has 3 heteroatoms. The molecule has 2 aromatic rings. The van der Waals surface area contributed by atoms with Crippen molar-refractivity contribution in [2.75, 3.05) is 13.1 Å². The highest BCUT2D eigenvalue weighted by atomic mass is 19.1. The van der Waals surface area contributed by atoms with Gasteiger partial charge in [-0.25, -0.2) is 4.39 Å². The van der Waals surface area contributed by atoms with Gasteiger partial charge in [0.2, 0.25) is 0 Å². The maximum absolute atomic E-state index is 13.5. The number of fused-ring (bicyclic) bond motifs is 1. The molecule has 1 unspecified atom stereocenters. The molecule has 1 aliphatic heterocycles. The van der Waals surface area contributed by atoms with Crippen molar-refractivity contribution < 1.29 is 14.4 Å². The van der Waals surface area contributed by atoms with Gasteiger partial charge in [0.05, 0.1) is 18.7 Å². The maximum atomic E-state index is 13.5. The molecule has 0 radical (unpaired) electrons. The van der Waals surface area contributed by atoms with E-state index in [0.717, 1.165) is 44.3 Å². The van der Waals surface area contributed by atoms with E-state index in [1.54, 1.807) is 12.1 Å². The average molecular weight is 367 g/mol. The second-order valence-corrected chi connectivity index (χ2v) is 8.16. The Morgan fingerprint density at radius 1 is 1.04 bits per heavy atom. The van der Waals surface area contributed by atoms with Gasteiger partial charge in [-0.3, -0.25) is 0 Å². The normalized spacial score (nSPS) is 31.0. The van der Waals surface area contributed by atoms with Gasteiger partial charge in [0.15, 0.2) is 0 Å². The SMILES string of the molecule is O[C@@]12CCCC[C@@H]1[C@@H](c1ccc(F)cc1)[NH+](C/C=C/c1ccccc1)CC2. The van der Waals surface area contributed by atoms with Crippen molar-refractivity contribution >= 4 is 6.08 Å². The van der Waals surface area contributed by atoms with Crippen LogP contribution in [-0.4, -0.2) is 23.8 Å². The molecule has 4 atom stereocenters. The summed E-state index contributed by atoms with van der Waals surface area (Å²) >= 11 is 0. The summed E-state index contributed by atoms with van der Waals surface area (Å²) in [5.41, 5.74) is 1.81. The molecule has 0 bridgehead atoms. The van der Waals surface area contributed by atoms with Crippen molar-refractivity contribution in [1.29, 1.82) is 0 Å². The largest absolute Gasteiger partial charge is 0.389 e. The molecule has 27 heavy (non-hydrogen) atoms. The van der Waals surface area contributed by atoms with E-state index >= 15 is 0 Å². The Morgan fingerprint density at radius 2 is 1.81 bits per heavy atom. The molecule has 1 saturated carbocycles. The van der Waals surface area contributed by atoms with Gasteiger partial charge in [-0.05, 0) is 36.6 Å². The Balaban J connectivity index is 1.58. The van der Waals surface area contributed by atoms with Crippen molar-refractivity contribution in [3.05, 3.63) is 77.6 Å². The summed E-state index contributed by atoms with van der Waals surface area (Å²) in [5.74, 6) is 0.0598. The molecule has 4 rings (SSSR count). The predicted octanol–water partition coefficient (Wildman–Crippen LogP) is 3.79. The quantitative estimate of drug-likeness (QED) is 0.845. The van der Waals surface area contributed by atoms with E-state index < -0.39 is 5.60 Å². The third kappa shape index (κ3) is 3.99. The smallest absolute Gasteiger partial charge is 0.123 e. The number of piperidine rings is 1. The van der Waals surface area contributed by atoms with Gasteiger partial charge in [-0.15, -0.1) is 0 Å². The van der Waals surface area contributed by atoms with Crippen LogP contribution in [0.5, 0.6) is 0 Å². The summed E-state index contributed by atoms with van der Waals surface area (Å²) in [6, 6.07) is 17.5. The lowest BCUT2D eigenvalue weighted by Gasteiger charge is -2.50. The Hall–Kier alpha value is -1.97. The number of halogens is 1. The lowest BCUT2D eigenvalue weighted by atomic mass is 9.66. The summed E-state index contributed by atoms with van der Waals surface area (Å²) < 4.78 is 13.5. The van der Waals surface area contributed by atoms with Gasteiger partial charge in [0.25, 0.3) is 0 Å². The standard InChI is InChI=1S/C24H28FNO/c25-21-13-11-20(12-14-21)23-22-10-4-5-15-24(22,27)16-18-26(23)17-6-9-19-7-2-1-3-8-19/h1-3,6-9,11-14,22-23,27H,4-5,10,15-18H2/p+1/b9-6+/t22-,23-,24-/m1/s1. The number of nitrogens with one attached hydrogen (secondary N) is 1. The van der Waals surface area contributed by atoms with Gasteiger partial charge in [-0.2, -0.15) is 0 Å². The average Bonchev–Trinajstić information content (AvgIpc) is 2.69. The molecule has 2 aromatic carbocycles. The first-order valence-corrected chi connectivity index (χ1v) is 10.2. The number of benzene rings is 2. The molecule has 1 aliphatic carbocycles. The van der Waals surface area contributed by atoms with Crippen LogP contribution >= 0.6 is 0 Å². The fraction of sp³-hybridized carbons (Fsp3) is 0.417. The number of rotatable bonds is 4. The first-order chi connectivity index (χ1) is 13.2. The topological polar surface area (TPSA) is 24.7 Å². The van der Waals surface area contributed by atoms with E-state index in [0.29, 0.717) is 0 Å². The van der Waals surface area contributed by atoms with Crippen molar-refractivity contribution in [1.82, 2.24) is 0 Å². The molecule has 1 saturated heterocycles. The lowest BCUT2D eigenvalue weighted by Crippen LogP contribution is -3.14. The van der Waals surface area contributed by atoms with Crippen LogP contribution in [0.4, 0.5) is 4.39 Å². The number of hydrogen-bond acceptors (Lipinski definition) is 1. The fourth-order valence-electron chi connectivity index (χ4n) is 5.13. The molecule has 0 aromatic heterocycles. The van der Waals surface area contributed by atoms with Crippen molar-refractivity contribution in [3.8, 4) is 0 Å². The zero-order chi connectivity index (χ0) is 18.7. The third-order valence-electron chi connectivity index (χ3n) is 6.51. The minimum Gasteiger partial charge on any atom is -0.389 e. The summed E-state index contributed by atoms with van der Waals surface area (Å²) in [7, 11) is 0. The van der Waals surface area contributed by atoms with Crippen LogP contribution in [0.15, 0.2) is 60.7 Å². The second kappa shape index (κ2) is 7.95. The zero-order valence-corrected chi connectivity index (χ0v) is 15.8. The van der Waals surface area contributed by atoms with Gasteiger partial charge < -0.3 is 10.0 Å². The van der Waals surface area contributed by atoms with Gasteiger partial charge in [0, 0.05) is 17.9 Å². The molecular formula is C24H29FNO+. The molecule has 142 valence electrons. The molecule has 0 spiro atoms. The summed E-state index contributed by atoms with van der Waals surface area (Å²) in [4.78, 5) is 1.48. The van der Waals surface area contributed by atoms with E-state index in [4.69, 9.17) is 0 Å². The van der Waals surface area contributed by atoms with E-state index in [9.17, 15) is 9.50 Å². The first-order valence-electron chi connectivity index (χ1n) is 10.2. The van der Waals surface area contributed by atoms with Crippen LogP contribution in [0.3, 0.4) is 0 Å². The van der Waals surface area contributed by atoms with Crippen molar-refractivity contribution in [2.45, 2.75) is 43.7 Å². The number of aliphatic hydroxyl groups is 1. The zero-order valence-electron chi connectivity index (χ0n) is 15.8. The van der Waals surface area contributed by atoms with E-state index in [-0.39, 0.29) is 17.8 Å². The minimum atomic E-state index is -0.552. The number of likely N-dealkylation sites (tertiary alicyclic amines) is 1. The summed E-state index contributed by atoms with van der Waals surface area (Å²) in [6.07, 6.45) is 9.55. The molecule has 2 fully saturated rings. The first kappa shape index (κ1) is 18.4. The van der Waals surface area contributed by atoms with Crippen LogP contribution < -0.4 is 4.90 Å². The van der Waals surface area contributed by atoms with Crippen LogP contribution in [0.25, 0.3) is 6.08 Å². The second-order valence-electron chi connectivity index (χ2n) is 8.16. The minimum absolute atomic E-state index is 0.195. The van der Waals surface area contributed by atoms with E-state index in [1.807, 2.05) is 18.2 Å². The van der Waals surface area contributed by atoms with Crippen molar-refractivity contribution in [2.24, 2.45) is 5.92 Å².